The summed E-state index contributed by atoms with van der Waals surface area (Å²) in [6, 6.07) is 58.7. The summed E-state index contributed by atoms with van der Waals surface area (Å²) >= 11 is 0. The lowest BCUT2D eigenvalue weighted by molar-refractivity contribution is 0.619. The van der Waals surface area contributed by atoms with E-state index in [1.54, 1.807) is 0 Å². The normalized spacial score (nSPS) is 12.2. The Hall–Kier alpha value is -6.19. The van der Waals surface area contributed by atoms with E-state index in [0.717, 1.165) is 28.6 Å². The van der Waals surface area contributed by atoms with Gasteiger partial charge in [-0.15, -0.1) is 0 Å². The molecule has 240 valence electrons. The molecule has 2 heterocycles. The van der Waals surface area contributed by atoms with Gasteiger partial charge >= 0.3 is 0 Å². The highest BCUT2D eigenvalue weighted by Crippen LogP contribution is 2.41. The van der Waals surface area contributed by atoms with E-state index in [-0.39, 0.29) is 0 Å². The summed E-state index contributed by atoms with van der Waals surface area (Å²) in [5, 5.41) is 2.50. The minimum Gasteiger partial charge on any atom is -0.436 e. The van der Waals surface area contributed by atoms with Crippen LogP contribution in [0.2, 0.25) is 0 Å². The Morgan fingerprint density at radius 1 is 0.540 bits per heavy atom. The maximum Gasteiger partial charge on any atom is 0.227 e. The molecule has 0 fully saturated rings. The lowest BCUT2D eigenvalue weighted by Gasteiger charge is -2.15. The van der Waals surface area contributed by atoms with Crippen molar-refractivity contribution in [3.05, 3.63) is 169 Å². The van der Waals surface area contributed by atoms with Crippen molar-refractivity contribution in [2.45, 2.75) is 26.2 Å². The standard InChI is InChI=1S/C47H36N2O/c1-3-31(2)34-26-28-46-43(30-34)48-47(50-46)33-23-21-32(22-24-33)37-15-7-9-17-39(37)40-18-10-8-16-38(40)35-25-27-45-42(29-35)41-19-11-12-20-44(41)49(45)36-13-5-4-6-14-36/h4-31H,3H2,1-2H3. The fourth-order valence-electron chi connectivity index (χ4n) is 7.34. The molecule has 0 aliphatic heterocycles. The molecule has 1 atom stereocenters. The molecular weight excluding hydrogens is 609 g/mol. The van der Waals surface area contributed by atoms with Crippen LogP contribution in [0.25, 0.3) is 83.4 Å². The topological polar surface area (TPSA) is 31.0 Å². The van der Waals surface area contributed by atoms with Gasteiger partial charge in [-0.25, -0.2) is 4.98 Å². The van der Waals surface area contributed by atoms with Gasteiger partial charge in [0.1, 0.15) is 5.52 Å². The number of nitrogens with zero attached hydrogens (tertiary/aromatic N) is 2. The third kappa shape index (κ3) is 5.10. The fraction of sp³-hybridized carbons (Fsp3) is 0.0851. The molecule has 0 saturated carbocycles. The van der Waals surface area contributed by atoms with E-state index >= 15 is 0 Å². The molecule has 2 aromatic heterocycles. The van der Waals surface area contributed by atoms with Gasteiger partial charge in [-0.2, -0.15) is 0 Å². The number of hydrogen-bond acceptors (Lipinski definition) is 2. The Balaban J connectivity index is 1.11. The molecule has 3 heteroatoms. The first-order valence-electron chi connectivity index (χ1n) is 17.4. The highest BCUT2D eigenvalue weighted by Gasteiger charge is 2.17. The van der Waals surface area contributed by atoms with Crippen LogP contribution in [0, 0.1) is 0 Å². The molecule has 0 aliphatic carbocycles. The van der Waals surface area contributed by atoms with Crippen molar-refractivity contribution in [1.29, 1.82) is 0 Å². The van der Waals surface area contributed by atoms with Crippen LogP contribution in [-0.2, 0) is 0 Å². The second-order valence-electron chi connectivity index (χ2n) is 13.1. The molecule has 0 aliphatic rings. The number of para-hydroxylation sites is 2. The molecule has 7 aromatic carbocycles. The van der Waals surface area contributed by atoms with E-state index in [1.165, 1.54) is 60.9 Å². The molecule has 9 rings (SSSR count). The molecule has 0 saturated heterocycles. The van der Waals surface area contributed by atoms with Gasteiger partial charge in [0.25, 0.3) is 0 Å². The lowest BCUT2D eigenvalue weighted by atomic mass is 9.89. The number of benzene rings is 7. The van der Waals surface area contributed by atoms with E-state index in [2.05, 4.69) is 182 Å². The molecule has 0 bridgehead atoms. The predicted octanol–water partition coefficient (Wildman–Crippen LogP) is 13.1. The Morgan fingerprint density at radius 3 is 1.88 bits per heavy atom. The average Bonchev–Trinajstić information content (AvgIpc) is 3.77. The Morgan fingerprint density at radius 2 is 1.14 bits per heavy atom. The minimum absolute atomic E-state index is 0.494. The Bertz CT molecular complexity index is 2640. The zero-order valence-corrected chi connectivity index (χ0v) is 28.2. The van der Waals surface area contributed by atoms with Gasteiger partial charge in [-0.1, -0.05) is 123 Å². The van der Waals surface area contributed by atoms with Crippen molar-refractivity contribution >= 4 is 32.9 Å². The predicted molar refractivity (Wildman–Crippen MR) is 209 cm³/mol. The van der Waals surface area contributed by atoms with Gasteiger partial charge in [0, 0.05) is 22.0 Å². The number of rotatable bonds is 7. The molecule has 0 radical (unpaired) electrons. The first kappa shape index (κ1) is 29.9. The van der Waals surface area contributed by atoms with Crippen LogP contribution in [0.4, 0.5) is 0 Å². The number of fused-ring (bicyclic) bond motifs is 4. The van der Waals surface area contributed by atoms with Crippen LogP contribution < -0.4 is 0 Å². The van der Waals surface area contributed by atoms with E-state index < -0.39 is 0 Å². The molecule has 0 N–H and O–H groups in total. The van der Waals surface area contributed by atoms with Crippen molar-refractivity contribution in [2.75, 3.05) is 0 Å². The summed E-state index contributed by atoms with van der Waals surface area (Å²) in [7, 11) is 0. The molecule has 1 unspecified atom stereocenters. The second kappa shape index (κ2) is 12.4. The minimum atomic E-state index is 0.494. The van der Waals surface area contributed by atoms with Gasteiger partial charge in [0.05, 0.1) is 11.0 Å². The van der Waals surface area contributed by atoms with Crippen molar-refractivity contribution in [2.24, 2.45) is 0 Å². The lowest BCUT2D eigenvalue weighted by Crippen LogP contribution is -1.93. The number of oxazole rings is 1. The Labute approximate surface area is 292 Å². The van der Waals surface area contributed by atoms with E-state index in [4.69, 9.17) is 9.40 Å². The summed E-state index contributed by atoms with van der Waals surface area (Å²) in [4.78, 5) is 4.86. The Kier molecular flexibility index (Phi) is 7.39. The molecule has 3 nitrogen and oxygen atoms in total. The van der Waals surface area contributed by atoms with E-state index in [0.29, 0.717) is 11.8 Å². The monoisotopic (exact) mass is 644 g/mol. The molecule has 0 spiro atoms. The highest BCUT2D eigenvalue weighted by molar-refractivity contribution is 6.11. The molecular formula is C47H36N2O. The smallest absolute Gasteiger partial charge is 0.227 e. The van der Waals surface area contributed by atoms with Crippen LogP contribution in [0.3, 0.4) is 0 Å². The molecule has 50 heavy (non-hydrogen) atoms. The molecule has 0 amide bonds. The average molecular weight is 645 g/mol. The third-order valence-electron chi connectivity index (χ3n) is 10.2. The van der Waals surface area contributed by atoms with Crippen LogP contribution >= 0.6 is 0 Å². The first-order chi connectivity index (χ1) is 24.7. The quantitative estimate of drug-likeness (QED) is 0.173. The summed E-state index contributed by atoms with van der Waals surface area (Å²) in [5.74, 6) is 1.14. The largest absolute Gasteiger partial charge is 0.436 e. The van der Waals surface area contributed by atoms with Crippen LogP contribution in [0.15, 0.2) is 168 Å². The zero-order chi connectivity index (χ0) is 33.6. The van der Waals surface area contributed by atoms with Gasteiger partial charge in [0.2, 0.25) is 5.89 Å². The van der Waals surface area contributed by atoms with E-state index in [9.17, 15) is 0 Å². The number of hydrogen-bond donors (Lipinski definition) is 0. The maximum atomic E-state index is 6.20. The van der Waals surface area contributed by atoms with Gasteiger partial charge < -0.3 is 8.98 Å². The highest BCUT2D eigenvalue weighted by atomic mass is 16.3. The van der Waals surface area contributed by atoms with Crippen LogP contribution in [-0.4, -0.2) is 9.55 Å². The van der Waals surface area contributed by atoms with Crippen molar-refractivity contribution in [3.8, 4) is 50.5 Å². The van der Waals surface area contributed by atoms with Gasteiger partial charge in [-0.3, -0.25) is 0 Å². The van der Waals surface area contributed by atoms with E-state index in [1.807, 2.05) is 0 Å². The van der Waals surface area contributed by atoms with Crippen LogP contribution in [0.5, 0.6) is 0 Å². The summed E-state index contributed by atoms with van der Waals surface area (Å²) in [6.45, 7) is 4.47. The van der Waals surface area contributed by atoms with Gasteiger partial charge in [0.15, 0.2) is 5.58 Å². The van der Waals surface area contributed by atoms with Gasteiger partial charge in [-0.05, 0) is 106 Å². The fourth-order valence-corrected chi connectivity index (χ4v) is 7.34. The summed E-state index contributed by atoms with van der Waals surface area (Å²) in [6.07, 6.45) is 1.10. The zero-order valence-electron chi connectivity index (χ0n) is 28.2. The summed E-state index contributed by atoms with van der Waals surface area (Å²) in [5.41, 5.74) is 14.7. The van der Waals surface area contributed by atoms with Crippen molar-refractivity contribution < 1.29 is 4.42 Å². The van der Waals surface area contributed by atoms with Crippen LogP contribution in [0.1, 0.15) is 31.7 Å². The second-order valence-corrected chi connectivity index (χ2v) is 13.1. The third-order valence-corrected chi connectivity index (χ3v) is 10.2. The molecule has 9 aromatic rings. The first-order valence-corrected chi connectivity index (χ1v) is 17.4. The number of aromatic nitrogens is 2. The van der Waals surface area contributed by atoms with Crippen molar-refractivity contribution in [1.82, 2.24) is 9.55 Å². The SMILES string of the molecule is CCC(C)c1ccc2oc(-c3ccc(-c4ccccc4-c4ccccc4-c4ccc5c(c4)c4ccccc4n5-c4ccccc4)cc3)nc2c1. The maximum absolute atomic E-state index is 6.20. The summed E-state index contributed by atoms with van der Waals surface area (Å²) < 4.78 is 8.56. The van der Waals surface area contributed by atoms with Crippen molar-refractivity contribution in [3.63, 3.8) is 0 Å².